The van der Waals surface area contributed by atoms with Crippen LogP contribution in [-0.2, 0) is 29.2 Å². The van der Waals surface area contributed by atoms with Gasteiger partial charge in [-0.2, -0.15) is 16.9 Å². The first-order chi connectivity index (χ1) is 12.1. The summed E-state index contributed by atoms with van der Waals surface area (Å²) < 4.78 is 1.94. The molecule has 138 valence electrons. The van der Waals surface area contributed by atoms with Gasteiger partial charge in [-0.25, -0.2) is 0 Å². The number of amides is 2. The molecule has 3 rings (SSSR count). The lowest BCUT2D eigenvalue weighted by molar-refractivity contribution is -0.139. The topological polar surface area (TPSA) is 93.2 Å². The molecule has 1 aliphatic heterocycles. The molecule has 2 amide bonds. The quantitative estimate of drug-likeness (QED) is 0.743. The predicted molar refractivity (Wildman–Crippen MR) is 97.8 cm³/mol. The lowest BCUT2D eigenvalue weighted by atomic mass is 9.84. The zero-order valence-corrected chi connectivity index (χ0v) is 15.6. The molecule has 0 spiro atoms. The van der Waals surface area contributed by atoms with Gasteiger partial charge >= 0.3 is 0 Å². The number of rotatable bonds is 7. The fraction of sp³-hybridized carbons (Fsp3) is 0.706. The lowest BCUT2D eigenvalue weighted by Gasteiger charge is -2.34. The van der Waals surface area contributed by atoms with Crippen LogP contribution in [0.5, 0.6) is 0 Å². The van der Waals surface area contributed by atoms with Gasteiger partial charge in [0.1, 0.15) is 0 Å². The van der Waals surface area contributed by atoms with E-state index in [-0.39, 0.29) is 17.7 Å². The van der Waals surface area contributed by atoms with E-state index in [9.17, 15) is 9.59 Å². The van der Waals surface area contributed by atoms with Crippen molar-refractivity contribution in [2.45, 2.75) is 51.4 Å². The monoisotopic (exact) mass is 365 g/mol. The zero-order chi connectivity index (χ0) is 17.8. The largest absolute Gasteiger partial charge is 0.349 e. The molecule has 2 aliphatic rings. The van der Waals surface area contributed by atoms with E-state index >= 15 is 0 Å². The fourth-order valence-electron chi connectivity index (χ4n) is 3.20. The van der Waals surface area contributed by atoms with Gasteiger partial charge in [-0.15, -0.1) is 0 Å². The van der Waals surface area contributed by atoms with Crippen LogP contribution in [-0.4, -0.2) is 51.1 Å². The average Bonchev–Trinajstić information content (AvgIpc) is 2.97. The molecule has 0 radical (unpaired) electrons. The number of nitrogens with zero attached hydrogens (tertiary/aromatic N) is 3. The molecule has 1 saturated carbocycles. The van der Waals surface area contributed by atoms with Crippen molar-refractivity contribution in [3.63, 3.8) is 0 Å². The van der Waals surface area contributed by atoms with Gasteiger partial charge in [0.15, 0.2) is 0 Å². The molecule has 1 fully saturated rings. The van der Waals surface area contributed by atoms with Crippen molar-refractivity contribution >= 4 is 23.6 Å². The normalized spacial score (nSPS) is 18.4. The van der Waals surface area contributed by atoms with Gasteiger partial charge < -0.3 is 16.0 Å². The van der Waals surface area contributed by atoms with E-state index < -0.39 is 6.04 Å². The van der Waals surface area contributed by atoms with Crippen LogP contribution in [0.15, 0.2) is 6.07 Å². The second-order valence-corrected chi connectivity index (χ2v) is 7.83. The summed E-state index contributed by atoms with van der Waals surface area (Å²) in [5.41, 5.74) is 7.72. The van der Waals surface area contributed by atoms with E-state index in [2.05, 4.69) is 10.4 Å². The van der Waals surface area contributed by atoms with Gasteiger partial charge in [0, 0.05) is 12.5 Å². The lowest BCUT2D eigenvalue weighted by Crippen LogP contribution is -2.43. The first-order valence-corrected chi connectivity index (χ1v) is 10.3. The summed E-state index contributed by atoms with van der Waals surface area (Å²) >= 11 is 1.68. The van der Waals surface area contributed by atoms with Crippen LogP contribution in [0.3, 0.4) is 0 Å². The molecule has 1 atom stereocenters. The summed E-state index contributed by atoms with van der Waals surface area (Å²) in [6.07, 6.45) is 5.90. The maximum Gasteiger partial charge on any atom is 0.237 e. The Hall–Kier alpha value is -1.54. The molecular formula is C17H27N5O2S. The van der Waals surface area contributed by atoms with Gasteiger partial charge in [0.2, 0.25) is 11.8 Å². The minimum Gasteiger partial charge on any atom is -0.349 e. The van der Waals surface area contributed by atoms with Crippen LogP contribution in [0.4, 0.5) is 0 Å². The first kappa shape index (κ1) is 18.3. The van der Waals surface area contributed by atoms with Gasteiger partial charge in [0.25, 0.3) is 0 Å². The molecule has 8 heteroatoms. The van der Waals surface area contributed by atoms with E-state index in [0.29, 0.717) is 19.5 Å². The highest BCUT2D eigenvalue weighted by Crippen LogP contribution is 2.29. The number of nitrogens with two attached hydrogens (primary N) is 1. The third-order valence-electron chi connectivity index (χ3n) is 5.03. The first-order valence-electron chi connectivity index (χ1n) is 8.95. The van der Waals surface area contributed by atoms with Crippen molar-refractivity contribution in [2.24, 2.45) is 11.7 Å². The SMILES string of the molecule is CSCC[C@H](N)C(=O)NCc1cc2n(n1)CCN(C(=O)C1CCC1)C2. The van der Waals surface area contributed by atoms with Gasteiger partial charge in [-0.3, -0.25) is 14.3 Å². The Morgan fingerprint density at radius 2 is 2.24 bits per heavy atom. The summed E-state index contributed by atoms with van der Waals surface area (Å²) in [4.78, 5) is 26.3. The number of hydrogen-bond donors (Lipinski definition) is 2. The summed E-state index contributed by atoms with van der Waals surface area (Å²) in [5, 5.41) is 7.39. The van der Waals surface area contributed by atoms with Gasteiger partial charge in [-0.1, -0.05) is 6.42 Å². The summed E-state index contributed by atoms with van der Waals surface area (Å²) in [7, 11) is 0. The second kappa shape index (κ2) is 8.23. The molecule has 0 unspecified atom stereocenters. The Morgan fingerprint density at radius 1 is 1.44 bits per heavy atom. The van der Waals surface area contributed by atoms with E-state index in [1.54, 1.807) is 11.8 Å². The fourth-order valence-corrected chi connectivity index (χ4v) is 3.69. The summed E-state index contributed by atoms with van der Waals surface area (Å²) in [6, 6.07) is 1.51. The average molecular weight is 366 g/mol. The Balaban J connectivity index is 1.52. The Bertz CT molecular complexity index is 629. The number of aromatic nitrogens is 2. The minimum absolute atomic E-state index is 0.137. The second-order valence-electron chi connectivity index (χ2n) is 6.84. The molecule has 1 aliphatic carbocycles. The highest BCUT2D eigenvalue weighted by molar-refractivity contribution is 7.98. The van der Waals surface area contributed by atoms with Crippen LogP contribution in [0.1, 0.15) is 37.1 Å². The zero-order valence-electron chi connectivity index (χ0n) is 14.7. The number of nitrogens with one attached hydrogen (secondary N) is 1. The van der Waals surface area contributed by atoms with Crippen molar-refractivity contribution in [3.8, 4) is 0 Å². The van der Waals surface area contributed by atoms with E-state index in [1.807, 2.05) is 21.9 Å². The molecule has 3 N–H and O–H groups in total. The standard InChI is InChI=1S/C17H27N5O2S/c1-25-8-5-15(18)16(23)19-10-13-9-14-11-21(6-7-22(14)20-13)17(24)12-3-2-4-12/h9,12,15H,2-8,10-11,18H2,1H3,(H,19,23)/t15-/m0/s1. The summed E-state index contributed by atoms with van der Waals surface area (Å²) in [6.45, 7) is 2.43. The summed E-state index contributed by atoms with van der Waals surface area (Å²) in [5.74, 6) is 1.25. The molecule has 0 aromatic carbocycles. The van der Waals surface area contributed by atoms with Crippen LogP contribution in [0.2, 0.25) is 0 Å². The Morgan fingerprint density at radius 3 is 2.92 bits per heavy atom. The van der Waals surface area contributed by atoms with Gasteiger partial charge in [0.05, 0.1) is 37.1 Å². The van der Waals surface area contributed by atoms with Crippen molar-refractivity contribution < 1.29 is 9.59 Å². The van der Waals surface area contributed by atoms with Crippen molar-refractivity contribution in [2.75, 3.05) is 18.6 Å². The smallest absolute Gasteiger partial charge is 0.237 e. The molecule has 1 aromatic heterocycles. The molecular weight excluding hydrogens is 338 g/mol. The van der Waals surface area contributed by atoms with Crippen LogP contribution < -0.4 is 11.1 Å². The number of carbonyl (C=O) groups is 2. The number of hydrogen-bond acceptors (Lipinski definition) is 5. The van der Waals surface area contributed by atoms with Crippen LogP contribution in [0, 0.1) is 5.92 Å². The van der Waals surface area contributed by atoms with Crippen molar-refractivity contribution in [3.05, 3.63) is 17.5 Å². The van der Waals surface area contributed by atoms with E-state index in [0.717, 1.165) is 43.1 Å². The van der Waals surface area contributed by atoms with Crippen LogP contribution in [0.25, 0.3) is 0 Å². The molecule has 7 nitrogen and oxygen atoms in total. The Kier molecular flexibility index (Phi) is 6.01. The Labute approximate surface area is 152 Å². The van der Waals surface area contributed by atoms with Crippen molar-refractivity contribution in [1.82, 2.24) is 20.0 Å². The number of carbonyl (C=O) groups excluding carboxylic acids is 2. The highest BCUT2D eigenvalue weighted by Gasteiger charge is 2.31. The molecule has 1 aromatic rings. The molecule has 0 bridgehead atoms. The van der Waals surface area contributed by atoms with Crippen LogP contribution >= 0.6 is 11.8 Å². The minimum atomic E-state index is -0.472. The third-order valence-corrected chi connectivity index (χ3v) is 5.67. The highest BCUT2D eigenvalue weighted by atomic mass is 32.2. The number of thioether (sulfide) groups is 1. The molecule has 25 heavy (non-hydrogen) atoms. The van der Waals surface area contributed by atoms with Crippen molar-refractivity contribution in [1.29, 1.82) is 0 Å². The number of fused-ring (bicyclic) bond motifs is 1. The van der Waals surface area contributed by atoms with E-state index in [4.69, 9.17) is 5.73 Å². The predicted octanol–water partition coefficient (Wildman–Crippen LogP) is 0.722. The van der Waals surface area contributed by atoms with E-state index in [1.165, 1.54) is 6.42 Å². The maximum atomic E-state index is 12.4. The molecule has 0 saturated heterocycles. The third kappa shape index (κ3) is 4.36. The van der Waals surface area contributed by atoms with Gasteiger partial charge in [-0.05, 0) is 37.3 Å². The molecule has 2 heterocycles. The maximum absolute atomic E-state index is 12.4.